The fraction of sp³-hybridized carbons (Fsp3) is 0.217. The van der Waals surface area contributed by atoms with Crippen molar-refractivity contribution >= 4 is 35.1 Å². The van der Waals surface area contributed by atoms with Crippen LogP contribution >= 0.6 is 11.6 Å². The molecular weight excluding hydrogens is 358 g/mol. The summed E-state index contributed by atoms with van der Waals surface area (Å²) in [5, 5.41) is 0.626. The van der Waals surface area contributed by atoms with Gasteiger partial charge in [0.15, 0.2) is 5.78 Å². The summed E-state index contributed by atoms with van der Waals surface area (Å²) in [6.45, 7) is 0. The molecule has 0 spiro atoms. The van der Waals surface area contributed by atoms with E-state index >= 15 is 0 Å². The van der Waals surface area contributed by atoms with Gasteiger partial charge in [0.2, 0.25) is 5.91 Å². The monoisotopic (exact) mass is 377 g/mol. The normalized spacial score (nSPS) is 20.3. The number of carbonyl (C=O) groups excluding carboxylic acids is 2. The maximum Gasteiger partial charge on any atom is 0.232 e. The molecule has 3 nitrogen and oxygen atoms in total. The van der Waals surface area contributed by atoms with Gasteiger partial charge in [0.25, 0.3) is 0 Å². The zero-order chi connectivity index (χ0) is 18.8. The van der Waals surface area contributed by atoms with Gasteiger partial charge in [0.1, 0.15) is 0 Å². The molecule has 136 valence electrons. The van der Waals surface area contributed by atoms with Crippen molar-refractivity contribution in [2.75, 3.05) is 4.90 Å². The Balaban J connectivity index is 1.74. The molecule has 0 fully saturated rings. The summed E-state index contributed by atoms with van der Waals surface area (Å²) in [5.74, 6) is 0.0166. The molecule has 0 saturated heterocycles. The molecule has 0 saturated carbocycles. The molecule has 0 bridgehead atoms. The molecule has 0 radical (unpaired) electrons. The van der Waals surface area contributed by atoms with Crippen molar-refractivity contribution in [3.8, 4) is 0 Å². The largest absolute Gasteiger partial charge is 0.294 e. The second kappa shape index (κ2) is 7.53. The van der Waals surface area contributed by atoms with E-state index in [1.165, 1.54) is 0 Å². The molecule has 1 amide bonds. The van der Waals surface area contributed by atoms with E-state index in [1.807, 2.05) is 54.6 Å². The fourth-order valence-electron chi connectivity index (χ4n) is 3.88. The van der Waals surface area contributed by atoms with Crippen molar-refractivity contribution < 1.29 is 9.59 Å². The highest BCUT2D eigenvalue weighted by Gasteiger charge is 2.37. The summed E-state index contributed by atoms with van der Waals surface area (Å²) in [6.07, 6.45) is 6.39. The minimum absolute atomic E-state index is 0.0217. The standard InChI is InChI=1S/C23H20ClNO2/c24-18-11-13-19(14-12-18)25-20-7-4-8-21(26)23(20)17(15-22(25)27)10-9-16-5-2-1-3-6-16/h1-3,5-6,9-14,17H,4,7-8,15H2/b10-9+. The van der Waals surface area contributed by atoms with Crippen LogP contribution in [-0.2, 0) is 9.59 Å². The van der Waals surface area contributed by atoms with Crippen molar-refractivity contribution in [1.82, 2.24) is 0 Å². The predicted octanol–water partition coefficient (Wildman–Crippen LogP) is 5.41. The summed E-state index contributed by atoms with van der Waals surface area (Å²) >= 11 is 5.99. The van der Waals surface area contributed by atoms with E-state index in [4.69, 9.17) is 11.6 Å². The number of rotatable bonds is 3. The molecule has 0 N–H and O–H groups in total. The maximum atomic E-state index is 13.0. The second-order valence-electron chi connectivity index (χ2n) is 6.92. The number of benzene rings is 2. The van der Waals surface area contributed by atoms with Gasteiger partial charge in [0.05, 0.1) is 0 Å². The fourth-order valence-corrected chi connectivity index (χ4v) is 4.00. The van der Waals surface area contributed by atoms with Crippen molar-refractivity contribution in [3.63, 3.8) is 0 Å². The first kappa shape index (κ1) is 17.7. The smallest absolute Gasteiger partial charge is 0.232 e. The van der Waals surface area contributed by atoms with Crippen LogP contribution < -0.4 is 4.90 Å². The lowest BCUT2D eigenvalue weighted by Gasteiger charge is -2.37. The molecule has 2 aromatic carbocycles. The van der Waals surface area contributed by atoms with Crippen LogP contribution in [0.3, 0.4) is 0 Å². The van der Waals surface area contributed by atoms with Crippen LogP contribution in [0.1, 0.15) is 31.2 Å². The van der Waals surface area contributed by atoms with E-state index < -0.39 is 0 Å². The van der Waals surface area contributed by atoms with Crippen LogP contribution in [0.15, 0.2) is 71.9 Å². The number of halogens is 1. The predicted molar refractivity (Wildman–Crippen MR) is 108 cm³/mol. The number of nitrogens with zero attached hydrogens (tertiary/aromatic N) is 1. The first-order valence-electron chi connectivity index (χ1n) is 9.21. The molecule has 4 rings (SSSR count). The van der Waals surface area contributed by atoms with E-state index in [0.29, 0.717) is 17.9 Å². The Morgan fingerprint density at radius 1 is 0.963 bits per heavy atom. The van der Waals surface area contributed by atoms with Gasteiger partial charge in [-0.05, 0) is 42.7 Å². The summed E-state index contributed by atoms with van der Waals surface area (Å²) in [5.41, 5.74) is 3.49. The van der Waals surface area contributed by atoms with Crippen LogP contribution in [0, 0.1) is 5.92 Å². The van der Waals surface area contributed by atoms with Crippen LogP contribution in [0.4, 0.5) is 5.69 Å². The molecular formula is C23H20ClNO2. The number of carbonyl (C=O) groups is 2. The molecule has 2 aromatic rings. The zero-order valence-electron chi connectivity index (χ0n) is 14.9. The number of hydrogen-bond acceptors (Lipinski definition) is 2. The molecule has 0 aromatic heterocycles. The maximum absolute atomic E-state index is 13.0. The van der Waals surface area contributed by atoms with E-state index in [1.54, 1.807) is 17.0 Å². The average Bonchev–Trinajstić information content (AvgIpc) is 2.68. The molecule has 1 atom stereocenters. The quantitative estimate of drug-likeness (QED) is 0.716. The zero-order valence-corrected chi connectivity index (χ0v) is 15.7. The number of amides is 1. The second-order valence-corrected chi connectivity index (χ2v) is 7.36. The van der Waals surface area contributed by atoms with Gasteiger partial charge in [-0.3, -0.25) is 14.5 Å². The molecule has 1 aliphatic heterocycles. The van der Waals surface area contributed by atoms with Gasteiger partial charge in [-0.25, -0.2) is 0 Å². The Labute approximate surface area is 163 Å². The Kier molecular flexibility index (Phi) is 4.95. The lowest BCUT2D eigenvalue weighted by Crippen LogP contribution is -2.40. The first-order valence-corrected chi connectivity index (χ1v) is 9.59. The van der Waals surface area contributed by atoms with Crippen molar-refractivity contribution in [2.24, 2.45) is 5.92 Å². The number of allylic oxidation sites excluding steroid dienone is 3. The number of anilines is 1. The highest BCUT2D eigenvalue weighted by Crippen LogP contribution is 2.39. The first-order chi connectivity index (χ1) is 13.1. The van der Waals surface area contributed by atoms with E-state index in [-0.39, 0.29) is 17.6 Å². The van der Waals surface area contributed by atoms with E-state index in [2.05, 4.69) is 0 Å². The van der Waals surface area contributed by atoms with Gasteiger partial charge in [0, 0.05) is 40.7 Å². The average molecular weight is 378 g/mol. The summed E-state index contributed by atoms with van der Waals surface area (Å²) in [6, 6.07) is 17.2. The molecule has 1 unspecified atom stereocenters. The lowest BCUT2D eigenvalue weighted by molar-refractivity contribution is -0.120. The SMILES string of the molecule is O=C1CCCC2=C1C(/C=C/c1ccccc1)CC(=O)N2c1ccc(Cl)cc1. The molecule has 1 heterocycles. The topological polar surface area (TPSA) is 37.4 Å². The highest BCUT2D eigenvalue weighted by molar-refractivity contribution is 6.30. The Bertz CT molecular complexity index is 929. The van der Waals surface area contributed by atoms with Gasteiger partial charge in [-0.15, -0.1) is 0 Å². The lowest BCUT2D eigenvalue weighted by atomic mass is 9.80. The van der Waals surface area contributed by atoms with Crippen molar-refractivity contribution in [3.05, 3.63) is 82.5 Å². The number of hydrogen-bond donors (Lipinski definition) is 0. The van der Waals surface area contributed by atoms with Gasteiger partial charge >= 0.3 is 0 Å². The molecule has 27 heavy (non-hydrogen) atoms. The van der Waals surface area contributed by atoms with Gasteiger partial charge in [-0.2, -0.15) is 0 Å². The highest BCUT2D eigenvalue weighted by atomic mass is 35.5. The van der Waals surface area contributed by atoms with Crippen LogP contribution in [-0.4, -0.2) is 11.7 Å². The minimum atomic E-state index is -0.163. The minimum Gasteiger partial charge on any atom is -0.294 e. The molecule has 1 aliphatic carbocycles. The summed E-state index contributed by atoms with van der Waals surface area (Å²) in [4.78, 5) is 27.4. The van der Waals surface area contributed by atoms with Crippen LogP contribution in [0.2, 0.25) is 5.02 Å². The molecule has 2 aliphatic rings. The number of ketones is 1. The third kappa shape index (κ3) is 3.60. The Morgan fingerprint density at radius 3 is 2.44 bits per heavy atom. The van der Waals surface area contributed by atoms with E-state index in [9.17, 15) is 9.59 Å². The van der Waals surface area contributed by atoms with Crippen LogP contribution in [0.25, 0.3) is 6.08 Å². The Hall–Kier alpha value is -2.65. The van der Waals surface area contributed by atoms with Gasteiger partial charge in [-0.1, -0.05) is 54.1 Å². The summed E-state index contributed by atoms with van der Waals surface area (Å²) in [7, 11) is 0. The Morgan fingerprint density at radius 2 is 1.70 bits per heavy atom. The van der Waals surface area contributed by atoms with Crippen molar-refractivity contribution in [1.29, 1.82) is 0 Å². The van der Waals surface area contributed by atoms with E-state index in [0.717, 1.165) is 35.4 Å². The third-order valence-corrected chi connectivity index (χ3v) is 5.37. The third-order valence-electron chi connectivity index (χ3n) is 5.12. The summed E-state index contributed by atoms with van der Waals surface area (Å²) < 4.78 is 0. The van der Waals surface area contributed by atoms with Crippen molar-refractivity contribution in [2.45, 2.75) is 25.7 Å². The number of Topliss-reactive ketones (excluding diaryl/α,β-unsaturated/α-hetero) is 1. The molecule has 4 heteroatoms. The van der Waals surface area contributed by atoms with Gasteiger partial charge < -0.3 is 0 Å². The van der Waals surface area contributed by atoms with Crippen LogP contribution in [0.5, 0.6) is 0 Å².